The largest absolute Gasteiger partial charge is 0.373 e. The summed E-state index contributed by atoms with van der Waals surface area (Å²) in [7, 11) is 0. The Bertz CT molecular complexity index is 674. The molecular weight excluding hydrogens is 339 g/mol. The maximum atomic E-state index is 13.5. The van der Waals surface area contributed by atoms with Gasteiger partial charge in [0.05, 0.1) is 11.0 Å². The molecule has 0 saturated heterocycles. The first-order chi connectivity index (χ1) is 9.88. The quantitative estimate of drug-likeness (QED) is 0.623. The van der Waals surface area contributed by atoms with E-state index in [4.69, 9.17) is 0 Å². The number of hydrogen-bond donors (Lipinski definition) is 1. The number of nitro benzene ring substituents is 1. The van der Waals surface area contributed by atoms with Gasteiger partial charge in [-0.2, -0.15) is 0 Å². The van der Waals surface area contributed by atoms with Crippen molar-refractivity contribution in [1.29, 1.82) is 0 Å². The average molecular weight is 353 g/mol. The van der Waals surface area contributed by atoms with Gasteiger partial charge in [0.15, 0.2) is 0 Å². The molecule has 2 aromatic carbocycles. The molecule has 0 saturated carbocycles. The Morgan fingerprint density at radius 1 is 1.29 bits per heavy atom. The summed E-state index contributed by atoms with van der Waals surface area (Å²) in [5, 5.41) is 14.1. The molecule has 1 atom stereocenters. The molecule has 0 amide bonds. The van der Waals surface area contributed by atoms with Gasteiger partial charge in [0.25, 0.3) is 5.69 Å². The maximum absolute atomic E-state index is 13.5. The van der Waals surface area contributed by atoms with Crippen molar-refractivity contribution in [1.82, 2.24) is 0 Å². The van der Waals surface area contributed by atoms with Crippen molar-refractivity contribution in [2.24, 2.45) is 0 Å². The van der Waals surface area contributed by atoms with Gasteiger partial charge in [0.2, 0.25) is 0 Å². The molecule has 21 heavy (non-hydrogen) atoms. The molecule has 6 heteroatoms. The Kier molecular flexibility index (Phi) is 4.57. The average Bonchev–Trinajstić information content (AvgIpc) is 2.43. The zero-order valence-corrected chi connectivity index (χ0v) is 13.1. The van der Waals surface area contributed by atoms with Crippen LogP contribution in [-0.2, 0) is 0 Å². The molecule has 0 bridgehead atoms. The fraction of sp³-hybridized carbons (Fsp3) is 0.200. The van der Waals surface area contributed by atoms with E-state index in [1.54, 1.807) is 6.92 Å². The summed E-state index contributed by atoms with van der Waals surface area (Å²) in [4.78, 5) is 10.5. The van der Waals surface area contributed by atoms with Crippen molar-refractivity contribution in [3.8, 4) is 0 Å². The van der Waals surface area contributed by atoms with Crippen LogP contribution in [0.15, 0.2) is 40.9 Å². The molecule has 0 spiro atoms. The van der Waals surface area contributed by atoms with Gasteiger partial charge in [0.1, 0.15) is 11.5 Å². The van der Waals surface area contributed by atoms with E-state index in [1.807, 2.05) is 31.2 Å². The summed E-state index contributed by atoms with van der Waals surface area (Å²) < 4.78 is 14.4. The summed E-state index contributed by atoms with van der Waals surface area (Å²) in [5.74, 6) is -0.580. The van der Waals surface area contributed by atoms with E-state index < -0.39 is 10.7 Å². The third kappa shape index (κ3) is 3.58. The maximum Gasteiger partial charge on any atom is 0.295 e. The summed E-state index contributed by atoms with van der Waals surface area (Å²) in [6, 6.07) is 9.92. The third-order valence-corrected chi connectivity index (χ3v) is 3.74. The van der Waals surface area contributed by atoms with Crippen molar-refractivity contribution in [2.75, 3.05) is 5.32 Å². The standard InChI is InChI=1S/C15H14BrFN2O2/c1-9-7-14(15(19(20)21)8-13(9)17)18-10(2)11-3-5-12(16)6-4-11/h3-8,10,18H,1-2H3. The van der Waals surface area contributed by atoms with Crippen molar-refractivity contribution >= 4 is 27.3 Å². The highest BCUT2D eigenvalue weighted by Crippen LogP contribution is 2.30. The number of nitrogens with one attached hydrogen (secondary N) is 1. The van der Waals surface area contributed by atoms with Crippen molar-refractivity contribution < 1.29 is 9.31 Å². The summed E-state index contributed by atoms with van der Waals surface area (Å²) >= 11 is 3.36. The lowest BCUT2D eigenvalue weighted by Gasteiger charge is -2.16. The highest BCUT2D eigenvalue weighted by atomic mass is 79.9. The SMILES string of the molecule is Cc1cc(NC(C)c2ccc(Br)cc2)c([N+](=O)[O-])cc1F. The van der Waals surface area contributed by atoms with Crippen LogP contribution in [0.3, 0.4) is 0 Å². The number of halogens is 2. The van der Waals surface area contributed by atoms with E-state index in [0.29, 0.717) is 11.3 Å². The van der Waals surface area contributed by atoms with Crippen LogP contribution in [0.4, 0.5) is 15.8 Å². The first-order valence-electron chi connectivity index (χ1n) is 6.35. The van der Waals surface area contributed by atoms with Crippen LogP contribution in [-0.4, -0.2) is 4.92 Å². The van der Waals surface area contributed by atoms with E-state index in [-0.39, 0.29) is 11.7 Å². The second-order valence-corrected chi connectivity index (χ2v) is 5.71. The van der Waals surface area contributed by atoms with Crippen LogP contribution < -0.4 is 5.32 Å². The number of rotatable bonds is 4. The molecule has 1 N–H and O–H groups in total. The zero-order chi connectivity index (χ0) is 15.6. The summed E-state index contributed by atoms with van der Waals surface area (Å²) in [6.07, 6.45) is 0. The molecule has 4 nitrogen and oxygen atoms in total. The monoisotopic (exact) mass is 352 g/mol. The van der Waals surface area contributed by atoms with Crippen molar-refractivity contribution in [3.05, 3.63) is 67.9 Å². The lowest BCUT2D eigenvalue weighted by Crippen LogP contribution is -2.09. The first kappa shape index (κ1) is 15.4. The lowest BCUT2D eigenvalue weighted by atomic mass is 10.1. The Morgan fingerprint density at radius 3 is 2.48 bits per heavy atom. The lowest BCUT2D eigenvalue weighted by molar-refractivity contribution is -0.384. The molecule has 0 aliphatic heterocycles. The number of nitro groups is 1. The van der Waals surface area contributed by atoms with Crippen LogP contribution in [0, 0.1) is 22.9 Å². The topological polar surface area (TPSA) is 55.2 Å². The minimum absolute atomic E-state index is 0.137. The minimum Gasteiger partial charge on any atom is -0.373 e. The molecule has 0 aliphatic carbocycles. The molecule has 0 aromatic heterocycles. The Balaban J connectivity index is 2.32. The van der Waals surface area contributed by atoms with Crippen LogP contribution in [0.1, 0.15) is 24.1 Å². The highest BCUT2D eigenvalue weighted by molar-refractivity contribution is 9.10. The molecule has 1 unspecified atom stereocenters. The summed E-state index contributed by atoms with van der Waals surface area (Å²) in [5.41, 5.74) is 1.40. The van der Waals surface area contributed by atoms with Crippen molar-refractivity contribution in [3.63, 3.8) is 0 Å². The first-order valence-corrected chi connectivity index (χ1v) is 7.14. The van der Waals surface area contributed by atoms with E-state index in [0.717, 1.165) is 16.1 Å². The Hall–Kier alpha value is -1.95. The van der Waals surface area contributed by atoms with E-state index in [9.17, 15) is 14.5 Å². The molecule has 0 fully saturated rings. The molecule has 0 aliphatic rings. The third-order valence-electron chi connectivity index (χ3n) is 3.22. The second kappa shape index (κ2) is 6.22. The van der Waals surface area contributed by atoms with Gasteiger partial charge in [-0.3, -0.25) is 10.1 Å². The normalized spacial score (nSPS) is 12.0. The van der Waals surface area contributed by atoms with Gasteiger partial charge in [-0.15, -0.1) is 0 Å². The van der Waals surface area contributed by atoms with Crippen LogP contribution in [0.2, 0.25) is 0 Å². The molecule has 2 rings (SSSR count). The van der Waals surface area contributed by atoms with Gasteiger partial charge in [0, 0.05) is 10.5 Å². The van der Waals surface area contributed by atoms with Gasteiger partial charge in [-0.05, 0) is 43.2 Å². The Labute approximate surface area is 130 Å². The molecule has 110 valence electrons. The fourth-order valence-corrected chi connectivity index (χ4v) is 2.27. The van der Waals surface area contributed by atoms with Gasteiger partial charge in [-0.1, -0.05) is 28.1 Å². The van der Waals surface area contributed by atoms with Gasteiger partial charge in [-0.25, -0.2) is 4.39 Å². The molecule has 2 aromatic rings. The van der Waals surface area contributed by atoms with Crippen LogP contribution in [0.5, 0.6) is 0 Å². The second-order valence-electron chi connectivity index (χ2n) is 4.79. The van der Waals surface area contributed by atoms with Crippen molar-refractivity contribution in [2.45, 2.75) is 19.9 Å². The predicted octanol–water partition coefficient (Wildman–Crippen LogP) is 4.98. The smallest absolute Gasteiger partial charge is 0.295 e. The van der Waals surface area contributed by atoms with Crippen LogP contribution >= 0.6 is 15.9 Å². The number of nitrogens with zero attached hydrogens (tertiary/aromatic N) is 1. The number of hydrogen-bond acceptors (Lipinski definition) is 3. The number of benzene rings is 2. The predicted molar refractivity (Wildman–Crippen MR) is 84.0 cm³/mol. The molecule has 0 heterocycles. The van der Waals surface area contributed by atoms with Gasteiger partial charge < -0.3 is 5.32 Å². The van der Waals surface area contributed by atoms with E-state index in [2.05, 4.69) is 21.2 Å². The Morgan fingerprint density at radius 2 is 1.90 bits per heavy atom. The molecule has 0 radical (unpaired) electrons. The number of aryl methyl sites for hydroxylation is 1. The van der Waals surface area contributed by atoms with Crippen LogP contribution in [0.25, 0.3) is 0 Å². The molecular formula is C15H14BrFN2O2. The summed E-state index contributed by atoms with van der Waals surface area (Å²) in [6.45, 7) is 3.47. The van der Waals surface area contributed by atoms with E-state index >= 15 is 0 Å². The fourth-order valence-electron chi connectivity index (χ4n) is 2.01. The number of anilines is 1. The van der Waals surface area contributed by atoms with Gasteiger partial charge >= 0.3 is 0 Å². The zero-order valence-electron chi connectivity index (χ0n) is 11.6. The van der Waals surface area contributed by atoms with E-state index in [1.165, 1.54) is 6.07 Å². The highest BCUT2D eigenvalue weighted by Gasteiger charge is 2.18. The minimum atomic E-state index is -0.584.